The predicted octanol–water partition coefficient (Wildman–Crippen LogP) is 4.34. The minimum atomic E-state index is -0.466. The second-order valence-corrected chi connectivity index (χ2v) is 6.05. The van der Waals surface area contributed by atoms with E-state index in [0.717, 1.165) is 45.5 Å². The van der Waals surface area contributed by atoms with E-state index in [0.29, 0.717) is 6.42 Å². The standard InChI is InChI=1S/C21H20NO3/c1-14-8-9-17(20(10-14)24-3)12-18-11-16-6-4-5-7-19(16)22-21(18)15(2)25-13-23/h4-7,9-11,15H,1,8,12H2,2-3H3. The molecule has 127 valence electrons. The molecule has 0 N–H and O–H groups in total. The zero-order valence-corrected chi connectivity index (χ0v) is 14.4. The number of rotatable bonds is 6. The number of nitrogens with zero attached hydrogens (tertiary/aromatic N) is 1. The van der Waals surface area contributed by atoms with Gasteiger partial charge in [-0.3, -0.25) is 0 Å². The van der Waals surface area contributed by atoms with Gasteiger partial charge in [0.1, 0.15) is 11.9 Å². The maximum absolute atomic E-state index is 10.7. The molecule has 1 aromatic heterocycles. The second-order valence-electron chi connectivity index (χ2n) is 6.05. The Bertz CT molecular complexity index is 880. The van der Waals surface area contributed by atoms with Crippen molar-refractivity contribution in [1.82, 2.24) is 4.98 Å². The van der Waals surface area contributed by atoms with Gasteiger partial charge in [0, 0.05) is 11.8 Å². The van der Waals surface area contributed by atoms with Gasteiger partial charge in [-0.1, -0.05) is 30.9 Å². The fraction of sp³-hybridized carbons (Fsp3) is 0.238. The molecular weight excluding hydrogens is 314 g/mol. The van der Waals surface area contributed by atoms with Gasteiger partial charge < -0.3 is 9.47 Å². The van der Waals surface area contributed by atoms with Crippen LogP contribution < -0.4 is 0 Å². The molecule has 0 fully saturated rings. The monoisotopic (exact) mass is 334 g/mol. The van der Waals surface area contributed by atoms with E-state index in [1.165, 1.54) is 6.47 Å². The minimum Gasteiger partial charge on any atom is -0.496 e. The number of hydrogen-bond donors (Lipinski definition) is 0. The van der Waals surface area contributed by atoms with Crippen LogP contribution in [0.5, 0.6) is 0 Å². The first-order valence-corrected chi connectivity index (χ1v) is 8.16. The summed E-state index contributed by atoms with van der Waals surface area (Å²) < 4.78 is 10.5. The van der Waals surface area contributed by atoms with Crippen LogP contribution in [0.15, 0.2) is 66.0 Å². The van der Waals surface area contributed by atoms with Gasteiger partial charge in [-0.05, 0) is 48.3 Å². The molecule has 0 amide bonds. The van der Waals surface area contributed by atoms with Gasteiger partial charge in [-0.2, -0.15) is 0 Å². The fourth-order valence-electron chi connectivity index (χ4n) is 3.04. The summed E-state index contributed by atoms with van der Waals surface area (Å²) in [5.41, 5.74) is 4.71. The Balaban J connectivity index is 2.04. The molecule has 1 aliphatic carbocycles. The Kier molecular flexibility index (Phi) is 4.98. The first-order chi connectivity index (χ1) is 12.1. The number of methoxy groups -OCH3 is 1. The first kappa shape index (κ1) is 17.0. The number of aromatic nitrogens is 1. The highest BCUT2D eigenvalue weighted by atomic mass is 16.5. The summed E-state index contributed by atoms with van der Waals surface area (Å²) in [6, 6.07) is 10.00. The second kappa shape index (κ2) is 7.34. The Morgan fingerprint density at radius 1 is 1.36 bits per heavy atom. The van der Waals surface area contributed by atoms with Gasteiger partial charge in [-0.15, -0.1) is 0 Å². The molecule has 3 rings (SSSR count). The zero-order valence-electron chi connectivity index (χ0n) is 14.4. The Morgan fingerprint density at radius 2 is 2.16 bits per heavy atom. The van der Waals surface area contributed by atoms with Gasteiger partial charge in [0.25, 0.3) is 0 Å². The van der Waals surface area contributed by atoms with Gasteiger partial charge in [0.15, 0.2) is 0 Å². The van der Waals surface area contributed by atoms with E-state index in [9.17, 15) is 4.79 Å². The normalized spacial score (nSPS) is 15.4. The molecule has 0 aliphatic heterocycles. The largest absolute Gasteiger partial charge is 0.496 e. The summed E-state index contributed by atoms with van der Waals surface area (Å²) in [4.78, 5) is 15.4. The van der Waals surface area contributed by atoms with Crippen LogP contribution >= 0.6 is 0 Å². The van der Waals surface area contributed by atoms with Crippen LogP contribution in [0, 0.1) is 0 Å². The highest BCUT2D eigenvalue weighted by Crippen LogP contribution is 2.30. The van der Waals surface area contributed by atoms with Crippen molar-refractivity contribution >= 4 is 17.4 Å². The molecule has 4 heteroatoms. The van der Waals surface area contributed by atoms with Gasteiger partial charge in [0.2, 0.25) is 0 Å². The number of pyridine rings is 1. The SMILES string of the molecule is C=C1C=C(OC)C(Cc2cc3ccccc3nc2C(C)O[C]=O)=CC1. The van der Waals surface area contributed by atoms with Crippen LogP contribution in [0.1, 0.15) is 30.7 Å². The molecule has 1 aromatic carbocycles. The van der Waals surface area contributed by atoms with E-state index in [4.69, 9.17) is 14.5 Å². The summed E-state index contributed by atoms with van der Waals surface area (Å²) in [5, 5.41) is 1.05. The van der Waals surface area contributed by atoms with Crippen molar-refractivity contribution in [2.45, 2.75) is 25.9 Å². The number of hydrogen-bond acceptors (Lipinski definition) is 4. The highest BCUT2D eigenvalue weighted by molar-refractivity contribution is 5.79. The van der Waals surface area contributed by atoms with Crippen molar-refractivity contribution in [3.8, 4) is 0 Å². The molecule has 25 heavy (non-hydrogen) atoms. The Morgan fingerprint density at radius 3 is 2.92 bits per heavy atom. The minimum absolute atomic E-state index is 0.466. The van der Waals surface area contributed by atoms with Crippen LogP contribution in [0.25, 0.3) is 10.9 Å². The van der Waals surface area contributed by atoms with Crippen LogP contribution in [0.3, 0.4) is 0 Å². The summed E-state index contributed by atoms with van der Waals surface area (Å²) in [7, 11) is 1.66. The maximum atomic E-state index is 10.7. The Labute approximate surface area is 147 Å². The molecule has 1 radical (unpaired) electrons. The van der Waals surface area contributed by atoms with Crippen molar-refractivity contribution in [2.24, 2.45) is 0 Å². The van der Waals surface area contributed by atoms with Crippen LogP contribution in [0.2, 0.25) is 0 Å². The number of fused-ring (bicyclic) bond motifs is 1. The number of para-hydroxylation sites is 1. The summed E-state index contributed by atoms with van der Waals surface area (Å²) in [6.45, 7) is 7.31. The van der Waals surface area contributed by atoms with Gasteiger partial charge in [-0.25, -0.2) is 9.78 Å². The average molecular weight is 334 g/mol. The van der Waals surface area contributed by atoms with Crippen LogP contribution in [-0.4, -0.2) is 18.6 Å². The van der Waals surface area contributed by atoms with Gasteiger partial charge >= 0.3 is 6.47 Å². The van der Waals surface area contributed by atoms with E-state index < -0.39 is 6.10 Å². The Hall–Kier alpha value is -2.88. The van der Waals surface area contributed by atoms with Crippen LogP contribution in [-0.2, 0) is 20.7 Å². The van der Waals surface area contributed by atoms with Gasteiger partial charge in [0.05, 0.1) is 18.3 Å². The third kappa shape index (κ3) is 3.63. The summed E-state index contributed by atoms with van der Waals surface area (Å²) in [6.07, 6.45) is 5.06. The fourth-order valence-corrected chi connectivity index (χ4v) is 3.04. The maximum Gasteiger partial charge on any atom is 0.418 e. The zero-order chi connectivity index (χ0) is 17.8. The molecule has 0 spiro atoms. The summed E-state index contributed by atoms with van der Waals surface area (Å²) in [5.74, 6) is 0.811. The lowest BCUT2D eigenvalue weighted by Gasteiger charge is -2.19. The molecule has 1 aliphatic rings. The first-order valence-electron chi connectivity index (χ1n) is 8.16. The molecule has 0 saturated carbocycles. The smallest absolute Gasteiger partial charge is 0.418 e. The van der Waals surface area contributed by atoms with E-state index >= 15 is 0 Å². The number of benzene rings is 1. The van der Waals surface area contributed by atoms with Crippen molar-refractivity contribution in [1.29, 1.82) is 0 Å². The van der Waals surface area contributed by atoms with Crippen molar-refractivity contribution in [3.63, 3.8) is 0 Å². The van der Waals surface area contributed by atoms with Crippen molar-refractivity contribution in [2.75, 3.05) is 7.11 Å². The lowest BCUT2D eigenvalue weighted by atomic mass is 9.93. The lowest BCUT2D eigenvalue weighted by molar-refractivity contribution is 0.193. The van der Waals surface area contributed by atoms with E-state index in [1.54, 1.807) is 14.0 Å². The number of carbonyl (C=O) groups excluding carboxylic acids is 1. The third-order valence-electron chi connectivity index (χ3n) is 4.31. The highest BCUT2D eigenvalue weighted by Gasteiger charge is 2.19. The van der Waals surface area contributed by atoms with E-state index in [1.807, 2.05) is 30.3 Å². The van der Waals surface area contributed by atoms with E-state index in [2.05, 4.69) is 18.7 Å². The molecule has 1 heterocycles. The third-order valence-corrected chi connectivity index (χ3v) is 4.31. The number of ether oxygens (including phenoxy) is 2. The molecule has 2 aromatic rings. The lowest BCUT2D eigenvalue weighted by Crippen LogP contribution is -2.09. The predicted molar refractivity (Wildman–Crippen MR) is 97.6 cm³/mol. The van der Waals surface area contributed by atoms with Crippen LogP contribution in [0.4, 0.5) is 0 Å². The average Bonchev–Trinajstić information content (AvgIpc) is 2.62. The van der Waals surface area contributed by atoms with E-state index in [-0.39, 0.29) is 0 Å². The molecular formula is C21H20NO3. The number of allylic oxidation sites excluding steroid dienone is 4. The van der Waals surface area contributed by atoms with Crippen molar-refractivity contribution in [3.05, 3.63) is 77.2 Å². The molecule has 1 atom stereocenters. The molecule has 1 unspecified atom stereocenters. The summed E-state index contributed by atoms with van der Waals surface area (Å²) >= 11 is 0. The molecule has 4 nitrogen and oxygen atoms in total. The molecule has 0 saturated heterocycles. The quantitative estimate of drug-likeness (QED) is 0.788. The topological polar surface area (TPSA) is 48.4 Å². The van der Waals surface area contributed by atoms with Crippen molar-refractivity contribution < 1.29 is 14.3 Å². The molecule has 0 bridgehead atoms.